The summed E-state index contributed by atoms with van der Waals surface area (Å²) in [7, 11) is 0. The van der Waals surface area contributed by atoms with Gasteiger partial charge in [0.25, 0.3) is 5.91 Å². The molecular formula is C20H19ClN2O2S. The number of amides is 1. The Morgan fingerprint density at radius 2 is 2.00 bits per heavy atom. The second-order valence-corrected chi connectivity index (χ2v) is 7.35. The Kier molecular flexibility index (Phi) is 5.91. The van der Waals surface area contributed by atoms with E-state index in [0.717, 1.165) is 11.1 Å². The minimum absolute atomic E-state index is 0.0669. The second-order valence-electron chi connectivity index (χ2n) is 6.08. The summed E-state index contributed by atoms with van der Waals surface area (Å²) in [6.07, 6.45) is 0. The highest BCUT2D eigenvalue weighted by Crippen LogP contribution is 2.33. The van der Waals surface area contributed by atoms with E-state index in [1.165, 1.54) is 11.3 Å². The maximum Gasteiger partial charge on any atom is 0.270 e. The normalized spacial score (nSPS) is 10.8. The molecule has 134 valence electrons. The van der Waals surface area contributed by atoms with Gasteiger partial charge in [-0.1, -0.05) is 41.9 Å². The molecule has 1 N–H and O–H groups in total. The molecule has 3 rings (SSSR count). The third-order valence-electron chi connectivity index (χ3n) is 3.58. The summed E-state index contributed by atoms with van der Waals surface area (Å²) in [6.45, 7) is 4.31. The minimum Gasteiger partial charge on any atom is -0.489 e. The lowest BCUT2D eigenvalue weighted by atomic mass is 10.2. The Hall–Kier alpha value is -2.37. The molecule has 4 nitrogen and oxygen atoms in total. The van der Waals surface area contributed by atoms with Gasteiger partial charge >= 0.3 is 0 Å². The van der Waals surface area contributed by atoms with E-state index in [1.54, 1.807) is 11.4 Å². The Labute approximate surface area is 161 Å². The first-order chi connectivity index (χ1) is 12.5. The Morgan fingerprint density at radius 1 is 1.23 bits per heavy atom. The first-order valence-electron chi connectivity index (χ1n) is 8.26. The van der Waals surface area contributed by atoms with E-state index < -0.39 is 0 Å². The molecule has 2 aromatic carbocycles. The van der Waals surface area contributed by atoms with Crippen LogP contribution < -0.4 is 10.1 Å². The zero-order chi connectivity index (χ0) is 18.5. The molecule has 1 heterocycles. The fourth-order valence-corrected chi connectivity index (χ4v) is 3.49. The molecule has 0 bridgehead atoms. The fraction of sp³-hybridized carbons (Fsp3) is 0.200. The Bertz CT molecular complexity index is 894. The summed E-state index contributed by atoms with van der Waals surface area (Å²) in [5.74, 6) is 0.512. The molecule has 0 aliphatic rings. The number of carbonyl (C=O) groups excluding carboxylic acids is 1. The van der Waals surface area contributed by atoms with Crippen molar-refractivity contribution in [3.05, 3.63) is 70.2 Å². The van der Waals surface area contributed by atoms with E-state index in [4.69, 9.17) is 16.3 Å². The van der Waals surface area contributed by atoms with Crippen molar-refractivity contribution in [1.29, 1.82) is 0 Å². The lowest BCUT2D eigenvalue weighted by molar-refractivity contribution is 0.0939. The predicted molar refractivity (Wildman–Crippen MR) is 106 cm³/mol. The van der Waals surface area contributed by atoms with E-state index >= 15 is 0 Å². The van der Waals surface area contributed by atoms with Crippen LogP contribution in [0, 0.1) is 0 Å². The summed E-state index contributed by atoms with van der Waals surface area (Å²) in [6, 6.07) is 15.5. The number of thiazole rings is 1. The first-order valence-corrected chi connectivity index (χ1v) is 9.51. The largest absolute Gasteiger partial charge is 0.489 e. The standard InChI is InChI=1S/C20H19ClN2O2S/c1-13(2)22-19(24)18-12-26-20(23-18)16-9-8-15(10-17(16)21)25-11-14-6-4-3-5-7-14/h3-10,12-13H,11H2,1-2H3,(H,22,24). The SMILES string of the molecule is CC(C)NC(=O)c1csc(-c2ccc(OCc3ccccc3)cc2Cl)n1. The molecule has 1 aromatic heterocycles. The van der Waals surface area contributed by atoms with Gasteiger partial charge in [0.05, 0.1) is 5.02 Å². The van der Waals surface area contributed by atoms with Crippen LogP contribution in [0.1, 0.15) is 29.9 Å². The number of nitrogens with one attached hydrogen (secondary N) is 1. The number of hydrogen-bond acceptors (Lipinski definition) is 4. The molecule has 0 radical (unpaired) electrons. The Morgan fingerprint density at radius 3 is 2.69 bits per heavy atom. The van der Waals surface area contributed by atoms with Crippen LogP contribution in [0.4, 0.5) is 0 Å². The molecule has 1 amide bonds. The van der Waals surface area contributed by atoms with Gasteiger partial charge in [-0.05, 0) is 37.6 Å². The maximum absolute atomic E-state index is 12.0. The number of aromatic nitrogens is 1. The molecule has 0 unspecified atom stereocenters. The molecule has 0 saturated carbocycles. The molecule has 0 aliphatic heterocycles. The quantitative estimate of drug-likeness (QED) is 0.635. The van der Waals surface area contributed by atoms with Gasteiger partial charge in [0, 0.05) is 17.0 Å². The van der Waals surface area contributed by atoms with Gasteiger partial charge in [0.15, 0.2) is 0 Å². The topological polar surface area (TPSA) is 51.2 Å². The molecule has 0 fully saturated rings. The van der Waals surface area contributed by atoms with Crippen LogP contribution in [0.25, 0.3) is 10.6 Å². The van der Waals surface area contributed by atoms with Crippen molar-refractivity contribution in [3.8, 4) is 16.3 Å². The van der Waals surface area contributed by atoms with Crippen molar-refractivity contribution in [2.24, 2.45) is 0 Å². The van der Waals surface area contributed by atoms with E-state index in [-0.39, 0.29) is 11.9 Å². The maximum atomic E-state index is 12.0. The van der Waals surface area contributed by atoms with E-state index in [2.05, 4.69) is 10.3 Å². The molecule has 26 heavy (non-hydrogen) atoms. The van der Waals surface area contributed by atoms with Crippen molar-refractivity contribution in [2.45, 2.75) is 26.5 Å². The van der Waals surface area contributed by atoms with Gasteiger partial charge in [-0.15, -0.1) is 11.3 Å². The van der Waals surface area contributed by atoms with Crippen molar-refractivity contribution in [1.82, 2.24) is 10.3 Å². The van der Waals surface area contributed by atoms with Gasteiger partial charge in [0.1, 0.15) is 23.1 Å². The van der Waals surface area contributed by atoms with Crippen LogP contribution in [0.2, 0.25) is 5.02 Å². The lowest BCUT2D eigenvalue weighted by Gasteiger charge is -2.08. The van der Waals surface area contributed by atoms with Crippen molar-refractivity contribution >= 4 is 28.8 Å². The summed E-state index contributed by atoms with van der Waals surface area (Å²) < 4.78 is 5.79. The molecular weight excluding hydrogens is 368 g/mol. The number of nitrogens with zero attached hydrogens (tertiary/aromatic N) is 1. The van der Waals surface area contributed by atoms with Crippen LogP contribution in [-0.2, 0) is 6.61 Å². The zero-order valence-electron chi connectivity index (χ0n) is 14.5. The number of halogens is 1. The monoisotopic (exact) mass is 386 g/mol. The summed E-state index contributed by atoms with van der Waals surface area (Å²) in [5, 5.41) is 5.82. The number of ether oxygens (including phenoxy) is 1. The second kappa shape index (κ2) is 8.34. The summed E-state index contributed by atoms with van der Waals surface area (Å²) in [4.78, 5) is 16.4. The number of hydrogen-bond donors (Lipinski definition) is 1. The van der Waals surface area contributed by atoms with Gasteiger partial charge in [0.2, 0.25) is 0 Å². The highest BCUT2D eigenvalue weighted by atomic mass is 35.5. The van der Waals surface area contributed by atoms with Crippen LogP contribution in [0.15, 0.2) is 53.9 Å². The summed E-state index contributed by atoms with van der Waals surface area (Å²) in [5.41, 5.74) is 2.28. The average molecular weight is 387 g/mol. The molecule has 3 aromatic rings. The molecule has 6 heteroatoms. The average Bonchev–Trinajstić information content (AvgIpc) is 3.10. The summed E-state index contributed by atoms with van der Waals surface area (Å²) >= 11 is 7.80. The first kappa shape index (κ1) is 18.4. The predicted octanol–water partition coefficient (Wildman–Crippen LogP) is 5.18. The van der Waals surface area contributed by atoms with E-state index in [0.29, 0.717) is 28.1 Å². The highest BCUT2D eigenvalue weighted by Gasteiger charge is 2.14. The van der Waals surface area contributed by atoms with Gasteiger partial charge in [-0.3, -0.25) is 4.79 Å². The van der Waals surface area contributed by atoms with Crippen molar-refractivity contribution in [3.63, 3.8) is 0 Å². The van der Waals surface area contributed by atoms with Crippen LogP contribution in [-0.4, -0.2) is 16.9 Å². The third kappa shape index (κ3) is 4.62. The van der Waals surface area contributed by atoms with Crippen molar-refractivity contribution < 1.29 is 9.53 Å². The molecule has 0 spiro atoms. The van der Waals surface area contributed by atoms with Crippen LogP contribution in [0.3, 0.4) is 0 Å². The smallest absolute Gasteiger partial charge is 0.270 e. The fourth-order valence-electron chi connectivity index (χ4n) is 2.34. The number of rotatable bonds is 6. The Balaban J connectivity index is 1.71. The van der Waals surface area contributed by atoms with Crippen LogP contribution in [0.5, 0.6) is 5.75 Å². The van der Waals surface area contributed by atoms with Gasteiger partial charge in [-0.25, -0.2) is 4.98 Å². The van der Waals surface area contributed by atoms with E-state index in [1.807, 2.05) is 56.3 Å². The molecule has 0 aliphatic carbocycles. The van der Waals surface area contributed by atoms with Crippen LogP contribution >= 0.6 is 22.9 Å². The minimum atomic E-state index is -0.179. The number of carbonyl (C=O) groups is 1. The molecule has 0 atom stereocenters. The highest BCUT2D eigenvalue weighted by molar-refractivity contribution is 7.13. The van der Waals surface area contributed by atoms with Crippen molar-refractivity contribution in [2.75, 3.05) is 0 Å². The molecule has 0 saturated heterocycles. The number of benzene rings is 2. The van der Waals surface area contributed by atoms with E-state index in [9.17, 15) is 4.79 Å². The lowest BCUT2D eigenvalue weighted by Crippen LogP contribution is -2.30. The third-order valence-corrected chi connectivity index (χ3v) is 4.76. The van der Waals surface area contributed by atoms with Gasteiger partial charge in [-0.2, -0.15) is 0 Å². The van der Waals surface area contributed by atoms with Gasteiger partial charge < -0.3 is 10.1 Å². The zero-order valence-corrected chi connectivity index (χ0v) is 16.1.